The van der Waals surface area contributed by atoms with Crippen molar-refractivity contribution in [1.29, 1.82) is 0 Å². The lowest BCUT2D eigenvalue weighted by Gasteiger charge is -2.07. The van der Waals surface area contributed by atoms with Crippen molar-refractivity contribution in [3.63, 3.8) is 0 Å². The predicted molar refractivity (Wildman–Crippen MR) is 59.1 cm³/mol. The number of aliphatic hydroxyl groups excluding tert-OH is 1. The largest absolute Gasteiger partial charge is 0.490 e. The van der Waals surface area contributed by atoms with Gasteiger partial charge in [-0.3, -0.25) is 4.98 Å². The maximum atomic E-state index is 8.71. The maximum Gasteiger partial charge on any atom is 0.130 e. The second kappa shape index (κ2) is 4.28. The Morgan fingerprint density at radius 3 is 3.00 bits per heavy atom. The van der Waals surface area contributed by atoms with E-state index in [1.807, 2.05) is 31.2 Å². The Kier molecular flexibility index (Phi) is 2.83. The first-order chi connectivity index (χ1) is 7.31. The number of aromatic nitrogens is 1. The third-order valence-electron chi connectivity index (χ3n) is 2.21. The monoisotopic (exact) mass is 203 g/mol. The van der Waals surface area contributed by atoms with Crippen LogP contribution in [0.2, 0.25) is 0 Å². The minimum Gasteiger partial charge on any atom is -0.490 e. The van der Waals surface area contributed by atoms with Crippen molar-refractivity contribution in [3.05, 3.63) is 36.0 Å². The van der Waals surface area contributed by atoms with Crippen LogP contribution < -0.4 is 4.74 Å². The molecule has 0 amide bonds. The van der Waals surface area contributed by atoms with E-state index in [0.717, 1.165) is 16.7 Å². The van der Waals surface area contributed by atoms with E-state index < -0.39 is 0 Å². The zero-order valence-electron chi connectivity index (χ0n) is 8.60. The third kappa shape index (κ3) is 2.07. The highest BCUT2D eigenvalue weighted by Crippen LogP contribution is 2.24. The van der Waals surface area contributed by atoms with Crippen LogP contribution in [0.4, 0.5) is 0 Å². The summed E-state index contributed by atoms with van der Waals surface area (Å²) in [6.07, 6.45) is 1.71. The molecule has 0 bridgehead atoms. The van der Waals surface area contributed by atoms with Gasteiger partial charge in [-0.05, 0) is 25.1 Å². The first-order valence-corrected chi connectivity index (χ1v) is 4.90. The Labute approximate surface area is 88.3 Å². The number of nitrogens with zero attached hydrogens (tertiary/aromatic N) is 1. The number of hydrogen-bond donors (Lipinski definition) is 1. The van der Waals surface area contributed by atoms with Crippen molar-refractivity contribution >= 4 is 10.9 Å². The normalized spacial score (nSPS) is 10.5. The van der Waals surface area contributed by atoms with Gasteiger partial charge in [0.05, 0.1) is 12.1 Å². The Hall–Kier alpha value is -1.61. The number of hydrogen-bond acceptors (Lipinski definition) is 3. The summed E-state index contributed by atoms with van der Waals surface area (Å²) >= 11 is 0. The molecule has 0 unspecified atom stereocenters. The minimum absolute atomic E-state index is 0.0234. The van der Waals surface area contributed by atoms with Crippen LogP contribution in [0.1, 0.15) is 5.56 Å². The fourth-order valence-corrected chi connectivity index (χ4v) is 1.52. The third-order valence-corrected chi connectivity index (χ3v) is 2.21. The summed E-state index contributed by atoms with van der Waals surface area (Å²) in [7, 11) is 0. The quantitative estimate of drug-likeness (QED) is 0.828. The highest BCUT2D eigenvalue weighted by Gasteiger charge is 2.02. The zero-order valence-corrected chi connectivity index (χ0v) is 8.60. The van der Waals surface area contributed by atoms with Gasteiger partial charge in [-0.1, -0.05) is 11.6 Å². The average molecular weight is 203 g/mol. The summed E-state index contributed by atoms with van der Waals surface area (Å²) in [6.45, 7) is 2.37. The molecule has 2 aromatic rings. The molecule has 1 heterocycles. The van der Waals surface area contributed by atoms with Gasteiger partial charge in [0.15, 0.2) is 0 Å². The molecule has 78 valence electrons. The van der Waals surface area contributed by atoms with Crippen molar-refractivity contribution in [2.75, 3.05) is 13.2 Å². The first kappa shape index (κ1) is 9.93. The van der Waals surface area contributed by atoms with Gasteiger partial charge in [-0.2, -0.15) is 0 Å². The van der Waals surface area contributed by atoms with Crippen LogP contribution in [0, 0.1) is 6.92 Å². The first-order valence-electron chi connectivity index (χ1n) is 4.90. The number of fused-ring (bicyclic) bond motifs is 1. The van der Waals surface area contributed by atoms with E-state index in [1.165, 1.54) is 5.56 Å². The van der Waals surface area contributed by atoms with Gasteiger partial charge in [0.1, 0.15) is 12.4 Å². The zero-order chi connectivity index (χ0) is 10.7. The molecule has 0 spiro atoms. The predicted octanol–water partition coefficient (Wildman–Crippen LogP) is 1.91. The van der Waals surface area contributed by atoms with Gasteiger partial charge < -0.3 is 9.84 Å². The molecule has 0 saturated carbocycles. The lowest BCUT2D eigenvalue weighted by atomic mass is 10.1. The molecule has 1 aromatic heterocycles. The number of ether oxygens (including phenoxy) is 1. The number of aryl methyl sites for hydroxylation is 1. The molecule has 3 heteroatoms. The molecule has 0 radical (unpaired) electrons. The number of pyridine rings is 1. The maximum absolute atomic E-state index is 8.71. The summed E-state index contributed by atoms with van der Waals surface area (Å²) < 4.78 is 5.43. The lowest BCUT2D eigenvalue weighted by molar-refractivity contribution is 0.203. The molecule has 0 aliphatic carbocycles. The highest BCUT2D eigenvalue weighted by atomic mass is 16.5. The van der Waals surface area contributed by atoms with Gasteiger partial charge >= 0.3 is 0 Å². The second-order valence-electron chi connectivity index (χ2n) is 3.40. The van der Waals surface area contributed by atoms with E-state index in [1.54, 1.807) is 6.20 Å². The summed E-state index contributed by atoms with van der Waals surface area (Å²) in [5, 5.41) is 9.71. The van der Waals surface area contributed by atoms with Crippen molar-refractivity contribution in [3.8, 4) is 5.75 Å². The van der Waals surface area contributed by atoms with E-state index in [0.29, 0.717) is 6.61 Å². The minimum atomic E-state index is 0.0234. The SMILES string of the molecule is Cc1ccc2nccc(OCCO)c2c1. The molecule has 0 aliphatic heterocycles. The highest BCUT2D eigenvalue weighted by molar-refractivity contribution is 5.85. The van der Waals surface area contributed by atoms with E-state index in [2.05, 4.69) is 4.98 Å². The Morgan fingerprint density at radius 1 is 1.33 bits per heavy atom. The number of aliphatic hydroxyl groups is 1. The fraction of sp³-hybridized carbons (Fsp3) is 0.250. The molecule has 0 fully saturated rings. The van der Waals surface area contributed by atoms with Crippen LogP contribution in [0.5, 0.6) is 5.75 Å². The molecule has 15 heavy (non-hydrogen) atoms. The molecule has 3 nitrogen and oxygen atoms in total. The molecule has 2 rings (SSSR count). The van der Waals surface area contributed by atoms with Gasteiger partial charge in [0.2, 0.25) is 0 Å². The second-order valence-corrected chi connectivity index (χ2v) is 3.40. The molecule has 0 saturated heterocycles. The summed E-state index contributed by atoms with van der Waals surface area (Å²) in [5.41, 5.74) is 2.08. The molecule has 0 atom stereocenters. The topological polar surface area (TPSA) is 42.4 Å². The van der Waals surface area contributed by atoms with E-state index in [4.69, 9.17) is 9.84 Å². The van der Waals surface area contributed by atoms with Crippen molar-refractivity contribution < 1.29 is 9.84 Å². The molecular weight excluding hydrogens is 190 g/mol. The van der Waals surface area contributed by atoms with Crippen LogP contribution in [-0.4, -0.2) is 23.3 Å². The van der Waals surface area contributed by atoms with Crippen molar-refractivity contribution in [1.82, 2.24) is 4.98 Å². The number of benzene rings is 1. The Bertz CT molecular complexity index is 468. The van der Waals surface area contributed by atoms with E-state index in [-0.39, 0.29) is 6.61 Å². The molecular formula is C12H13NO2. The van der Waals surface area contributed by atoms with Crippen LogP contribution in [0.3, 0.4) is 0 Å². The van der Waals surface area contributed by atoms with Crippen molar-refractivity contribution in [2.24, 2.45) is 0 Å². The Balaban J connectivity index is 2.48. The fourth-order valence-electron chi connectivity index (χ4n) is 1.52. The van der Waals surface area contributed by atoms with Gasteiger partial charge in [-0.15, -0.1) is 0 Å². The summed E-state index contributed by atoms with van der Waals surface area (Å²) in [6, 6.07) is 7.84. The average Bonchev–Trinajstić information content (AvgIpc) is 2.26. The Morgan fingerprint density at radius 2 is 2.20 bits per heavy atom. The summed E-state index contributed by atoms with van der Waals surface area (Å²) in [5.74, 6) is 0.776. The lowest BCUT2D eigenvalue weighted by Crippen LogP contribution is -2.02. The van der Waals surface area contributed by atoms with Crippen molar-refractivity contribution in [2.45, 2.75) is 6.92 Å². The van der Waals surface area contributed by atoms with Crippen LogP contribution in [0.25, 0.3) is 10.9 Å². The van der Waals surface area contributed by atoms with Gasteiger partial charge in [-0.25, -0.2) is 0 Å². The molecule has 1 N–H and O–H groups in total. The molecule has 0 aliphatic rings. The van der Waals surface area contributed by atoms with Gasteiger partial charge in [0, 0.05) is 11.6 Å². The van der Waals surface area contributed by atoms with E-state index in [9.17, 15) is 0 Å². The van der Waals surface area contributed by atoms with E-state index >= 15 is 0 Å². The standard InChI is InChI=1S/C12H13NO2/c1-9-2-3-11-10(8-9)12(4-5-13-11)15-7-6-14/h2-5,8,14H,6-7H2,1H3. The van der Waals surface area contributed by atoms with Gasteiger partial charge in [0.25, 0.3) is 0 Å². The molecule has 1 aromatic carbocycles. The van der Waals surface area contributed by atoms with Crippen LogP contribution in [-0.2, 0) is 0 Å². The number of rotatable bonds is 3. The smallest absolute Gasteiger partial charge is 0.130 e. The van der Waals surface area contributed by atoms with Crippen LogP contribution >= 0.6 is 0 Å². The summed E-state index contributed by atoms with van der Waals surface area (Å²) in [4.78, 5) is 4.25. The van der Waals surface area contributed by atoms with Crippen LogP contribution in [0.15, 0.2) is 30.5 Å².